The molecule has 0 spiro atoms. The number of hydrogen-bond donors (Lipinski definition) is 2. The number of nitrogens with one attached hydrogen (secondary N) is 2. The summed E-state index contributed by atoms with van der Waals surface area (Å²) >= 11 is 0. The third kappa shape index (κ3) is 3.25. The number of aryl methyl sites for hydroxylation is 2. The van der Waals surface area contributed by atoms with Gasteiger partial charge in [0.15, 0.2) is 0 Å². The van der Waals surface area contributed by atoms with Gasteiger partial charge in [0, 0.05) is 24.1 Å². The third-order valence-electron chi connectivity index (χ3n) is 5.16. The van der Waals surface area contributed by atoms with Crippen LogP contribution in [-0.4, -0.2) is 27.6 Å². The van der Waals surface area contributed by atoms with Gasteiger partial charge < -0.3 is 10.6 Å². The Hall–Kier alpha value is -3.92. The minimum Gasteiger partial charge on any atom is -0.339 e. The van der Waals surface area contributed by atoms with Crippen molar-refractivity contribution in [3.05, 3.63) is 82.5 Å². The Kier molecular flexibility index (Phi) is 4.61. The summed E-state index contributed by atoms with van der Waals surface area (Å²) in [6.07, 6.45) is 0. The smallest absolute Gasteiger partial charge is 0.251 e. The molecule has 7 nitrogen and oxygen atoms in total. The maximum absolute atomic E-state index is 13.0. The van der Waals surface area contributed by atoms with Crippen LogP contribution in [0.5, 0.6) is 0 Å². The Balaban J connectivity index is 1.79. The van der Waals surface area contributed by atoms with E-state index in [2.05, 4.69) is 21.8 Å². The van der Waals surface area contributed by atoms with Crippen molar-refractivity contribution in [3.8, 4) is 6.07 Å². The number of nitrogens with zero attached hydrogens (tertiary/aromatic N) is 3. The highest BCUT2D eigenvalue weighted by Crippen LogP contribution is 2.39. The summed E-state index contributed by atoms with van der Waals surface area (Å²) < 4.78 is 1.63. The SMILES string of the molecule is Cc1nn(C)c2c1C(c1ccc(C#N)cc1)C(NC(=O)c1ccccc1)C(=O)N2. The monoisotopic (exact) mass is 385 g/mol. The molecule has 4 rings (SSSR count). The number of carbonyl (C=O) groups excluding carboxylic acids is 2. The number of anilines is 1. The van der Waals surface area contributed by atoms with Crippen LogP contribution in [0, 0.1) is 18.3 Å². The summed E-state index contributed by atoms with van der Waals surface area (Å²) in [4.78, 5) is 25.8. The largest absolute Gasteiger partial charge is 0.339 e. The fraction of sp³-hybridized carbons (Fsp3) is 0.182. The number of hydrogen-bond acceptors (Lipinski definition) is 4. The molecule has 3 aromatic rings. The van der Waals surface area contributed by atoms with Crippen LogP contribution < -0.4 is 10.6 Å². The van der Waals surface area contributed by atoms with Crippen LogP contribution in [0.1, 0.15) is 38.7 Å². The zero-order valence-electron chi connectivity index (χ0n) is 16.0. The first kappa shape index (κ1) is 18.4. The van der Waals surface area contributed by atoms with Crippen molar-refractivity contribution in [3.63, 3.8) is 0 Å². The summed E-state index contributed by atoms with van der Waals surface area (Å²) in [7, 11) is 1.77. The third-order valence-corrected chi connectivity index (χ3v) is 5.16. The number of aromatic nitrogens is 2. The van der Waals surface area contributed by atoms with E-state index in [1.165, 1.54) is 0 Å². The van der Waals surface area contributed by atoms with Gasteiger partial charge in [-0.3, -0.25) is 14.3 Å². The summed E-state index contributed by atoms with van der Waals surface area (Å²) in [6, 6.07) is 17.1. The fourth-order valence-electron chi connectivity index (χ4n) is 3.79. The molecular weight excluding hydrogens is 366 g/mol. The van der Waals surface area contributed by atoms with E-state index >= 15 is 0 Å². The first-order valence-electron chi connectivity index (χ1n) is 9.20. The number of benzene rings is 2. The lowest BCUT2D eigenvalue weighted by atomic mass is 9.81. The number of carbonyl (C=O) groups is 2. The van der Waals surface area contributed by atoms with E-state index in [4.69, 9.17) is 5.26 Å². The van der Waals surface area contributed by atoms with E-state index < -0.39 is 12.0 Å². The molecule has 1 aromatic heterocycles. The van der Waals surface area contributed by atoms with Crippen LogP contribution in [0.2, 0.25) is 0 Å². The van der Waals surface area contributed by atoms with Crippen molar-refractivity contribution in [2.24, 2.45) is 7.05 Å². The van der Waals surface area contributed by atoms with E-state index in [9.17, 15) is 9.59 Å². The maximum atomic E-state index is 13.0. The lowest BCUT2D eigenvalue weighted by Gasteiger charge is -2.32. The van der Waals surface area contributed by atoms with Crippen molar-refractivity contribution < 1.29 is 9.59 Å². The topological polar surface area (TPSA) is 99.8 Å². The minimum atomic E-state index is -0.814. The van der Waals surface area contributed by atoms with Gasteiger partial charge in [0.2, 0.25) is 5.91 Å². The van der Waals surface area contributed by atoms with Crippen molar-refractivity contribution in [2.45, 2.75) is 18.9 Å². The highest BCUT2D eigenvalue weighted by Gasteiger charge is 2.41. The Morgan fingerprint density at radius 2 is 1.86 bits per heavy atom. The van der Waals surface area contributed by atoms with E-state index in [0.717, 1.165) is 16.8 Å². The Labute approximate surface area is 168 Å². The lowest BCUT2D eigenvalue weighted by Crippen LogP contribution is -2.50. The van der Waals surface area contributed by atoms with Gasteiger partial charge in [0.1, 0.15) is 11.9 Å². The number of nitriles is 1. The molecule has 1 aliphatic rings. The number of amides is 2. The highest BCUT2D eigenvalue weighted by molar-refractivity contribution is 6.03. The molecule has 2 amide bonds. The molecule has 0 saturated carbocycles. The molecular formula is C22H19N5O2. The molecule has 7 heteroatoms. The van der Waals surface area contributed by atoms with E-state index in [1.807, 2.05) is 25.1 Å². The summed E-state index contributed by atoms with van der Waals surface area (Å²) in [6.45, 7) is 1.88. The quantitative estimate of drug-likeness (QED) is 0.723. The molecule has 0 fully saturated rings. The van der Waals surface area contributed by atoms with Crippen LogP contribution in [0.25, 0.3) is 0 Å². The van der Waals surface area contributed by atoms with Crippen LogP contribution >= 0.6 is 0 Å². The van der Waals surface area contributed by atoms with Gasteiger partial charge in [-0.25, -0.2) is 0 Å². The van der Waals surface area contributed by atoms with Gasteiger partial charge in [-0.2, -0.15) is 10.4 Å². The summed E-state index contributed by atoms with van der Waals surface area (Å²) in [5.41, 5.74) is 3.47. The molecule has 2 atom stereocenters. The molecule has 0 bridgehead atoms. The number of rotatable bonds is 3. The van der Waals surface area contributed by atoms with Crippen LogP contribution in [0.15, 0.2) is 54.6 Å². The Bertz CT molecular complexity index is 1130. The van der Waals surface area contributed by atoms with Crippen LogP contribution in [0.3, 0.4) is 0 Å². The van der Waals surface area contributed by atoms with E-state index in [1.54, 1.807) is 48.1 Å². The van der Waals surface area contributed by atoms with E-state index in [0.29, 0.717) is 16.9 Å². The zero-order chi connectivity index (χ0) is 20.5. The van der Waals surface area contributed by atoms with Crippen molar-refractivity contribution in [2.75, 3.05) is 5.32 Å². The predicted octanol–water partition coefficient (Wildman–Crippen LogP) is 2.48. The molecule has 0 radical (unpaired) electrons. The fourth-order valence-corrected chi connectivity index (χ4v) is 3.79. The van der Waals surface area contributed by atoms with Crippen molar-refractivity contribution >= 4 is 17.6 Å². The Morgan fingerprint density at radius 1 is 1.17 bits per heavy atom. The van der Waals surface area contributed by atoms with Crippen molar-refractivity contribution in [1.82, 2.24) is 15.1 Å². The lowest BCUT2D eigenvalue weighted by molar-refractivity contribution is -0.118. The van der Waals surface area contributed by atoms with Crippen LogP contribution in [-0.2, 0) is 11.8 Å². The highest BCUT2D eigenvalue weighted by atomic mass is 16.2. The van der Waals surface area contributed by atoms with Gasteiger partial charge in [-0.15, -0.1) is 0 Å². The molecule has 2 heterocycles. The first-order valence-corrected chi connectivity index (χ1v) is 9.20. The maximum Gasteiger partial charge on any atom is 0.251 e. The second-order valence-corrected chi connectivity index (χ2v) is 6.99. The van der Waals surface area contributed by atoms with Gasteiger partial charge in [-0.1, -0.05) is 30.3 Å². The molecule has 0 saturated heterocycles. The zero-order valence-corrected chi connectivity index (χ0v) is 16.0. The number of fused-ring (bicyclic) bond motifs is 1. The second kappa shape index (κ2) is 7.24. The predicted molar refractivity (Wildman–Crippen MR) is 107 cm³/mol. The molecule has 2 aromatic carbocycles. The molecule has 2 unspecified atom stereocenters. The summed E-state index contributed by atoms with van der Waals surface area (Å²) in [5.74, 6) is -0.437. The second-order valence-electron chi connectivity index (χ2n) is 6.99. The van der Waals surface area contributed by atoms with Gasteiger partial charge >= 0.3 is 0 Å². The van der Waals surface area contributed by atoms with Crippen LogP contribution in [0.4, 0.5) is 5.82 Å². The molecule has 29 heavy (non-hydrogen) atoms. The van der Waals surface area contributed by atoms with E-state index in [-0.39, 0.29) is 11.8 Å². The van der Waals surface area contributed by atoms with Gasteiger partial charge in [0.25, 0.3) is 5.91 Å². The molecule has 2 N–H and O–H groups in total. The first-order chi connectivity index (χ1) is 14.0. The molecule has 0 aliphatic carbocycles. The summed E-state index contributed by atoms with van der Waals surface area (Å²) in [5, 5.41) is 19.3. The standard InChI is InChI=1S/C22H19N5O2/c1-13-17-18(15-10-8-14(12-23)9-11-15)19(22(29)25-20(17)27(2)26-13)24-21(28)16-6-4-3-5-7-16/h3-11,18-19H,1-2H3,(H,24,28)(H,25,29). The van der Waals surface area contributed by atoms with Gasteiger partial charge in [0.05, 0.1) is 17.3 Å². The normalized spacial score (nSPS) is 17.8. The minimum absolute atomic E-state index is 0.306. The average Bonchev–Trinajstić information content (AvgIpc) is 3.02. The molecule has 1 aliphatic heterocycles. The average molecular weight is 385 g/mol. The Morgan fingerprint density at radius 3 is 2.52 bits per heavy atom. The van der Waals surface area contributed by atoms with Gasteiger partial charge in [-0.05, 0) is 36.8 Å². The van der Waals surface area contributed by atoms with Crippen molar-refractivity contribution in [1.29, 1.82) is 5.26 Å². The molecule has 144 valence electrons.